The molecule has 1 rings (SSSR count). The second kappa shape index (κ2) is 6.71. The van der Waals surface area contributed by atoms with E-state index in [2.05, 4.69) is 50.5 Å². The standard InChI is InChI=1S/C16H26N2O/c1-12-7-6-8-14(11-12)13(2)18-15(19)9-10-17-16(3,4)5/h6-8,11,13,17H,9-10H2,1-5H3,(H,18,19)/t13-/m0/s1. The number of hydrogen-bond donors (Lipinski definition) is 2. The predicted octanol–water partition coefficient (Wildman–Crippen LogP) is 2.95. The molecule has 0 spiro atoms. The minimum Gasteiger partial charge on any atom is -0.350 e. The molecular weight excluding hydrogens is 236 g/mol. The number of benzene rings is 1. The first-order valence-electron chi connectivity index (χ1n) is 6.89. The van der Waals surface area contributed by atoms with Crippen molar-refractivity contribution < 1.29 is 4.79 Å². The molecule has 3 heteroatoms. The molecule has 0 aliphatic heterocycles. The van der Waals surface area contributed by atoms with Gasteiger partial charge in [-0.05, 0) is 40.2 Å². The molecule has 0 saturated carbocycles. The molecule has 0 aliphatic carbocycles. The lowest BCUT2D eigenvalue weighted by Crippen LogP contribution is -2.38. The molecule has 0 saturated heterocycles. The average molecular weight is 262 g/mol. The van der Waals surface area contributed by atoms with Crippen molar-refractivity contribution in [2.45, 2.75) is 52.6 Å². The number of aryl methyl sites for hydroxylation is 1. The van der Waals surface area contributed by atoms with Gasteiger partial charge in [-0.15, -0.1) is 0 Å². The van der Waals surface area contributed by atoms with Gasteiger partial charge in [0.25, 0.3) is 0 Å². The van der Waals surface area contributed by atoms with Crippen LogP contribution in [0.15, 0.2) is 24.3 Å². The topological polar surface area (TPSA) is 41.1 Å². The highest BCUT2D eigenvalue weighted by atomic mass is 16.1. The third-order valence-electron chi connectivity index (χ3n) is 2.93. The summed E-state index contributed by atoms with van der Waals surface area (Å²) in [6.07, 6.45) is 0.507. The van der Waals surface area contributed by atoms with Crippen LogP contribution in [0.2, 0.25) is 0 Å². The van der Waals surface area contributed by atoms with Crippen LogP contribution in [0.4, 0.5) is 0 Å². The van der Waals surface area contributed by atoms with E-state index in [0.717, 1.165) is 5.56 Å². The summed E-state index contributed by atoms with van der Waals surface area (Å²) in [4.78, 5) is 11.8. The lowest BCUT2D eigenvalue weighted by atomic mass is 10.1. The summed E-state index contributed by atoms with van der Waals surface area (Å²) >= 11 is 0. The van der Waals surface area contributed by atoms with E-state index in [1.807, 2.05) is 19.1 Å². The summed E-state index contributed by atoms with van der Waals surface area (Å²) in [5, 5.41) is 6.34. The van der Waals surface area contributed by atoms with Crippen LogP contribution in [-0.4, -0.2) is 18.0 Å². The van der Waals surface area contributed by atoms with Gasteiger partial charge in [0.05, 0.1) is 6.04 Å². The van der Waals surface area contributed by atoms with Gasteiger partial charge in [0, 0.05) is 18.5 Å². The molecule has 3 nitrogen and oxygen atoms in total. The molecule has 0 heterocycles. The van der Waals surface area contributed by atoms with E-state index in [1.165, 1.54) is 5.56 Å². The normalized spacial score (nSPS) is 13.1. The SMILES string of the molecule is Cc1cccc([C@H](C)NC(=O)CCNC(C)(C)C)c1. The van der Waals surface area contributed by atoms with E-state index in [4.69, 9.17) is 0 Å². The maximum atomic E-state index is 11.8. The number of nitrogens with one attached hydrogen (secondary N) is 2. The second-order valence-electron chi connectivity index (χ2n) is 6.13. The minimum absolute atomic E-state index is 0.0574. The fourth-order valence-electron chi connectivity index (χ4n) is 1.89. The lowest BCUT2D eigenvalue weighted by Gasteiger charge is -2.21. The monoisotopic (exact) mass is 262 g/mol. The summed E-state index contributed by atoms with van der Waals surface area (Å²) < 4.78 is 0. The van der Waals surface area contributed by atoms with E-state index in [9.17, 15) is 4.79 Å². The fraction of sp³-hybridized carbons (Fsp3) is 0.562. The van der Waals surface area contributed by atoms with E-state index < -0.39 is 0 Å². The Bertz CT molecular complexity index is 421. The van der Waals surface area contributed by atoms with E-state index in [1.54, 1.807) is 0 Å². The third kappa shape index (κ3) is 6.39. The van der Waals surface area contributed by atoms with Gasteiger partial charge in [-0.1, -0.05) is 29.8 Å². The summed E-state index contributed by atoms with van der Waals surface area (Å²) in [6, 6.07) is 8.30. The van der Waals surface area contributed by atoms with Crippen molar-refractivity contribution in [1.29, 1.82) is 0 Å². The lowest BCUT2D eigenvalue weighted by molar-refractivity contribution is -0.121. The highest BCUT2D eigenvalue weighted by molar-refractivity contribution is 5.76. The van der Waals surface area contributed by atoms with Gasteiger partial charge >= 0.3 is 0 Å². The quantitative estimate of drug-likeness (QED) is 0.856. The Hall–Kier alpha value is -1.35. The zero-order valence-electron chi connectivity index (χ0n) is 12.7. The second-order valence-corrected chi connectivity index (χ2v) is 6.13. The summed E-state index contributed by atoms with van der Waals surface area (Å²) in [5.41, 5.74) is 2.42. The Labute approximate surface area is 116 Å². The molecule has 1 aromatic carbocycles. The molecule has 0 radical (unpaired) electrons. The van der Waals surface area contributed by atoms with Crippen LogP contribution in [0.1, 0.15) is 51.3 Å². The van der Waals surface area contributed by atoms with Crippen molar-refractivity contribution in [1.82, 2.24) is 10.6 Å². The van der Waals surface area contributed by atoms with E-state index >= 15 is 0 Å². The third-order valence-corrected chi connectivity index (χ3v) is 2.93. The Balaban J connectivity index is 2.40. The predicted molar refractivity (Wildman–Crippen MR) is 80.1 cm³/mol. The molecule has 1 amide bonds. The molecule has 1 aromatic rings. The number of carbonyl (C=O) groups excluding carboxylic acids is 1. The molecule has 2 N–H and O–H groups in total. The molecule has 0 bridgehead atoms. The first kappa shape index (κ1) is 15.7. The van der Waals surface area contributed by atoms with Crippen LogP contribution >= 0.6 is 0 Å². The molecule has 106 valence electrons. The summed E-state index contributed by atoms with van der Waals surface area (Å²) in [7, 11) is 0. The van der Waals surface area contributed by atoms with Gasteiger partial charge in [-0.3, -0.25) is 4.79 Å². The maximum absolute atomic E-state index is 11.8. The van der Waals surface area contributed by atoms with Crippen molar-refractivity contribution in [2.24, 2.45) is 0 Å². The fourth-order valence-corrected chi connectivity index (χ4v) is 1.89. The maximum Gasteiger partial charge on any atom is 0.221 e. The average Bonchev–Trinajstić information content (AvgIpc) is 2.27. The molecule has 0 aliphatic rings. The molecule has 0 unspecified atom stereocenters. The zero-order valence-corrected chi connectivity index (χ0v) is 12.7. The first-order chi connectivity index (χ1) is 8.78. The van der Waals surface area contributed by atoms with Crippen molar-refractivity contribution >= 4 is 5.91 Å². The molecular formula is C16H26N2O. The van der Waals surface area contributed by atoms with Gasteiger partial charge in [-0.25, -0.2) is 0 Å². The van der Waals surface area contributed by atoms with Gasteiger partial charge in [0.15, 0.2) is 0 Å². The van der Waals surface area contributed by atoms with E-state index in [-0.39, 0.29) is 17.5 Å². The summed E-state index contributed by atoms with van der Waals surface area (Å²) in [5.74, 6) is 0.0887. The van der Waals surface area contributed by atoms with Crippen molar-refractivity contribution in [2.75, 3.05) is 6.54 Å². The van der Waals surface area contributed by atoms with Crippen molar-refractivity contribution in [3.63, 3.8) is 0 Å². The zero-order chi connectivity index (χ0) is 14.5. The van der Waals surface area contributed by atoms with Gasteiger partial charge in [0.1, 0.15) is 0 Å². The number of hydrogen-bond acceptors (Lipinski definition) is 2. The van der Waals surface area contributed by atoms with E-state index in [0.29, 0.717) is 13.0 Å². The van der Waals surface area contributed by atoms with Crippen LogP contribution in [0, 0.1) is 6.92 Å². The smallest absolute Gasteiger partial charge is 0.221 e. The molecule has 1 atom stereocenters. The van der Waals surface area contributed by atoms with Gasteiger partial charge < -0.3 is 10.6 Å². The Morgan fingerprint density at radius 2 is 2.00 bits per heavy atom. The summed E-state index contributed by atoms with van der Waals surface area (Å²) in [6.45, 7) is 11.1. The van der Waals surface area contributed by atoms with Crippen LogP contribution in [0.25, 0.3) is 0 Å². The molecule has 19 heavy (non-hydrogen) atoms. The number of carbonyl (C=O) groups is 1. The Morgan fingerprint density at radius 3 is 2.58 bits per heavy atom. The van der Waals surface area contributed by atoms with Gasteiger partial charge in [0.2, 0.25) is 5.91 Å². The Morgan fingerprint density at radius 1 is 1.32 bits per heavy atom. The van der Waals surface area contributed by atoms with Crippen molar-refractivity contribution in [3.8, 4) is 0 Å². The number of rotatable bonds is 5. The molecule has 0 fully saturated rings. The van der Waals surface area contributed by atoms with Crippen molar-refractivity contribution in [3.05, 3.63) is 35.4 Å². The first-order valence-corrected chi connectivity index (χ1v) is 6.89. The van der Waals surface area contributed by atoms with Crippen LogP contribution in [0.3, 0.4) is 0 Å². The van der Waals surface area contributed by atoms with Crippen LogP contribution in [-0.2, 0) is 4.79 Å². The minimum atomic E-state index is 0.0574. The van der Waals surface area contributed by atoms with Crippen LogP contribution in [0.5, 0.6) is 0 Å². The highest BCUT2D eigenvalue weighted by Gasteiger charge is 2.12. The van der Waals surface area contributed by atoms with Gasteiger partial charge in [-0.2, -0.15) is 0 Å². The van der Waals surface area contributed by atoms with Crippen LogP contribution < -0.4 is 10.6 Å². The molecule has 0 aromatic heterocycles. The highest BCUT2D eigenvalue weighted by Crippen LogP contribution is 2.13. The number of amides is 1. The Kier molecular flexibility index (Phi) is 5.55. The largest absolute Gasteiger partial charge is 0.350 e.